The molecular formula is C32H31O3S+. The van der Waals surface area contributed by atoms with E-state index in [4.69, 9.17) is 9.47 Å². The van der Waals surface area contributed by atoms with Crippen molar-refractivity contribution in [2.45, 2.75) is 47.0 Å². The minimum atomic E-state index is -0.838. The third-order valence-corrected chi connectivity index (χ3v) is 8.81. The van der Waals surface area contributed by atoms with Crippen LogP contribution in [0.5, 0.6) is 5.75 Å². The zero-order valence-corrected chi connectivity index (χ0v) is 21.5. The molecule has 1 saturated carbocycles. The molecule has 1 fully saturated rings. The van der Waals surface area contributed by atoms with Crippen molar-refractivity contribution in [2.24, 2.45) is 17.8 Å². The van der Waals surface area contributed by atoms with Crippen molar-refractivity contribution in [3.05, 3.63) is 97.1 Å². The van der Waals surface area contributed by atoms with Crippen molar-refractivity contribution in [2.75, 3.05) is 6.61 Å². The van der Waals surface area contributed by atoms with Crippen molar-refractivity contribution < 1.29 is 14.3 Å². The van der Waals surface area contributed by atoms with Gasteiger partial charge in [0.15, 0.2) is 26.9 Å². The molecule has 0 saturated heterocycles. The fourth-order valence-corrected chi connectivity index (χ4v) is 6.97. The smallest absolute Gasteiger partial charge is 0.345 e. The number of ether oxygens (including phenoxy) is 2. The number of benzene rings is 3. The second-order valence-corrected chi connectivity index (χ2v) is 11.9. The molecule has 0 aromatic heterocycles. The van der Waals surface area contributed by atoms with Crippen LogP contribution >= 0.6 is 0 Å². The highest BCUT2D eigenvalue weighted by molar-refractivity contribution is 7.97. The molecule has 5 rings (SSSR count). The number of rotatable bonds is 7. The maximum atomic E-state index is 12.5. The standard InChI is InChI=1S/C32H31O3S/c1-32(2,20-19-26-22-24-13-14-25(26)21-24)35-31(33)23-34-27-15-17-30(18-16-27)36(28-9-5-3-6-10-28)29-11-7-4-8-12-29/h3-18,24-26H,21-23H2,1-2H3/q+1. The largest absolute Gasteiger partial charge is 0.482 e. The summed E-state index contributed by atoms with van der Waals surface area (Å²) in [6, 6.07) is 29.0. The van der Waals surface area contributed by atoms with Crippen molar-refractivity contribution >= 4 is 16.9 Å². The van der Waals surface area contributed by atoms with Crippen LogP contribution in [0.2, 0.25) is 0 Å². The SMILES string of the molecule is CC(C)(C#CC1CC2C=CC1C2)OC(=O)COc1ccc([S+](c2ccccc2)c2ccccc2)cc1. The summed E-state index contributed by atoms with van der Waals surface area (Å²) in [4.78, 5) is 16.2. The van der Waals surface area contributed by atoms with E-state index >= 15 is 0 Å². The lowest BCUT2D eigenvalue weighted by atomic mass is 9.93. The van der Waals surface area contributed by atoms with E-state index in [1.807, 2.05) is 38.1 Å². The second kappa shape index (κ2) is 10.7. The fourth-order valence-electron chi connectivity index (χ4n) is 4.89. The second-order valence-electron chi connectivity index (χ2n) is 9.83. The van der Waals surface area contributed by atoms with Crippen molar-refractivity contribution in [1.29, 1.82) is 0 Å². The minimum absolute atomic E-state index is 0.148. The highest BCUT2D eigenvalue weighted by atomic mass is 32.2. The minimum Gasteiger partial charge on any atom is -0.482 e. The van der Waals surface area contributed by atoms with Crippen LogP contribution < -0.4 is 4.74 Å². The number of carbonyl (C=O) groups excluding carboxylic acids is 1. The molecule has 2 aliphatic rings. The van der Waals surface area contributed by atoms with Gasteiger partial charge in [0.2, 0.25) is 0 Å². The van der Waals surface area contributed by atoms with E-state index in [0.717, 1.165) is 6.42 Å². The van der Waals surface area contributed by atoms with Crippen LogP contribution in [-0.2, 0) is 20.4 Å². The van der Waals surface area contributed by atoms with E-state index in [2.05, 4.69) is 84.7 Å². The van der Waals surface area contributed by atoms with Crippen molar-refractivity contribution in [3.63, 3.8) is 0 Å². The summed E-state index contributed by atoms with van der Waals surface area (Å²) in [5.41, 5.74) is -0.838. The predicted molar refractivity (Wildman–Crippen MR) is 144 cm³/mol. The van der Waals surface area contributed by atoms with Gasteiger partial charge >= 0.3 is 5.97 Å². The van der Waals surface area contributed by atoms with Crippen molar-refractivity contribution in [1.82, 2.24) is 0 Å². The topological polar surface area (TPSA) is 35.5 Å². The number of hydrogen-bond donors (Lipinski definition) is 0. The van der Waals surface area contributed by atoms with E-state index in [1.165, 1.54) is 21.1 Å². The van der Waals surface area contributed by atoms with Crippen LogP contribution in [0.3, 0.4) is 0 Å². The average molecular weight is 496 g/mol. The maximum absolute atomic E-state index is 12.5. The lowest BCUT2D eigenvalue weighted by molar-refractivity contribution is -0.154. The third-order valence-electron chi connectivity index (χ3n) is 6.58. The summed E-state index contributed by atoms with van der Waals surface area (Å²) < 4.78 is 11.4. The zero-order chi connectivity index (χ0) is 25.0. The van der Waals surface area contributed by atoms with Crippen molar-refractivity contribution in [3.8, 4) is 17.6 Å². The van der Waals surface area contributed by atoms with Gasteiger partial charge in [-0.25, -0.2) is 4.79 Å². The van der Waals surface area contributed by atoms with Crippen LogP contribution in [-0.4, -0.2) is 18.2 Å². The molecule has 3 atom stereocenters. The first kappa shape index (κ1) is 24.3. The summed E-state index contributed by atoms with van der Waals surface area (Å²) in [6.07, 6.45) is 6.92. The van der Waals surface area contributed by atoms with Gasteiger partial charge in [0.05, 0.1) is 10.9 Å². The Balaban J connectivity index is 1.20. The Morgan fingerprint density at radius 3 is 2.03 bits per heavy atom. The number of fused-ring (bicyclic) bond motifs is 2. The molecule has 3 nitrogen and oxygen atoms in total. The van der Waals surface area contributed by atoms with Gasteiger partial charge in [-0.15, -0.1) is 0 Å². The molecule has 0 radical (unpaired) electrons. The number of hydrogen-bond acceptors (Lipinski definition) is 3. The van der Waals surface area contributed by atoms with E-state index in [0.29, 0.717) is 23.5 Å². The molecule has 0 aliphatic heterocycles. The molecule has 36 heavy (non-hydrogen) atoms. The Hall–Kier alpha value is -3.42. The summed E-state index contributed by atoms with van der Waals surface area (Å²) in [5, 5.41) is 0. The first-order valence-corrected chi connectivity index (χ1v) is 13.7. The summed E-state index contributed by atoms with van der Waals surface area (Å²) in [5.74, 6) is 8.38. The summed E-state index contributed by atoms with van der Waals surface area (Å²) in [6.45, 7) is 3.53. The van der Waals surface area contributed by atoms with Crippen LogP contribution in [0.25, 0.3) is 0 Å². The molecule has 0 N–H and O–H groups in total. The molecule has 3 aromatic carbocycles. The normalized spacial score (nSPS) is 20.1. The van der Waals surface area contributed by atoms with Gasteiger partial charge in [-0.3, -0.25) is 0 Å². The Morgan fingerprint density at radius 2 is 1.47 bits per heavy atom. The Labute approximate surface area is 216 Å². The number of esters is 1. The first-order chi connectivity index (χ1) is 17.5. The average Bonchev–Trinajstić information content (AvgIpc) is 3.52. The highest BCUT2D eigenvalue weighted by Gasteiger charge is 2.35. The van der Waals surface area contributed by atoms with Crippen LogP contribution in [0, 0.1) is 29.6 Å². The van der Waals surface area contributed by atoms with Crippen LogP contribution in [0.4, 0.5) is 0 Å². The number of carbonyl (C=O) groups is 1. The summed E-state index contributed by atoms with van der Waals surface area (Å²) >= 11 is 0. The van der Waals surface area contributed by atoms with Gasteiger partial charge in [0.25, 0.3) is 0 Å². The molecule has 2 aliphatic carbocycles. The third kappa shape index (κ3) is 5.86. The Bertz CT molecular complexity index is 1230. The Kier molecular flexibility index (Phi) is 7.20. The molecule has 2 bridgehead atoms. The molecule has 4 heteroatoms. The van der Waals surface area contributed by atoms with Gasteiger partial charge in [-0.2, -0.15) is 0 Å². The van der Waals surface area contributed by atoms with Gasteiger partial charge < -0.3 is 9.47 Å². The quantitative estimate of drug-likeness (QED) is 0.158. The maximum Gasteiger partial charge on any atom is 0.345 e. The van der Waals surface area contributed by atoms with Gasteiger partial charge in [0, 0.05) is 5.92 Å². The molecule has 0 heterocycles. The van der Waals surface area contributed by atoms with E-state index in [1.54, 1.807) is 0 Å². The van der Waals surface area contributed by atoms with Gasteiger partial charge in [0.1, 0.15) is 5.75 Å². The van der Waals surface area contributed by atoms with Crippen LogP contribution in [0.1, 0.15) is 26.7 Å². The zero-order valence-electron chi connectivity index (χ0n) is 20.7. The molecular weight excluding hydrogens is 464 g/mol. The van der Waals surface area contributed by atoms with Gasteiger partial charge in [-0.1, -0.05) is 60.4 Å². The highest BCUT2D eigenvalue weighted by Crippen LogP contribution is 2.43. The van der Waals surface area contributed by atoms with Crippen LogP contribution in [0.15, 0.2) is 112 Å². The predicted octanol–water partition coefficient (Wildman–Crippen LogP) is 6.70. The van der Waals surface area contributed by atoms with Gasteiger partial charge in [-0.05, 0) is 87.1 Å². The molecule has 3 aromatic rings. The lowest BCUT2D eigenvalue weighted by Gasteiger charge is -2.20. The van der Waals surface area contributed by atoms with E-state index < -0.39 is 11.6 Å². The molecule has 0 amide bonds. The monoisotopic (exact) mass is 495 g/mol. The van der Waals surface area contributed by atoms with E-state index in [9.17, 15) is 4.79 Å². The number of allylic oxidation sites excluding steroid dienone is 2. The molecule has 182 valence electrons. The lowest BCUT2D eigenvalue weighted by Crippen LogP contribution is -2.29. The fraction of sp³-hybridized carbons (Fsp3) is 0.281. The first-order valence-electron chi connectivity index (χ1n) is 12.5. The molecule has 3 unspecified atom stereocenters. The molecule has 0 spiro atoms. The van der Waals surface area contributed by atoms with E-state index in [-0.39, 0.29) is 17.5 Å². The summed E-state index contributed by atoms with van der Waals surface area (Å²) in [7, 11) is -0.220. The Morgan fingerprint density at radius 1 is 0.861 bits per heavy atom.